The molecule has 0 rings (SSSR count). The minimum atomic E-state index is 1.28. The van der Waals surface area contributed by atoms with Crippen LogP contribution in [0, 0.1) is 0 Å². The van der Waals surface area contributed by atoms with Crippen LogP contribution in [-0.4, -0.2) is 22.1 Å². The molecule has 0 heterocycles. The van der Waals surface area contributed by atoms with Crippen molar-refractivity contribution in [1.29, 1.82) is 0 Å². The van der Waals surface area contributed by atoms with Crippen LogP contribution < -0.4 is 5.64 Å². The molecule has 0 spiro atoms. The van der Waals surface area contributed by atoms with Crippen LogP contribution in [0.5, 0.6) is 0 Å². The molecule has 1 nitrogen and oxygen atoms in total. The van der Waals surface area contributed by atoms with Gasteiger partial charge in [0.15, 0.2) is 0 Å². The highest BCUT2D eigenvalue weighted by molar-refractivity contribution is 7.22. The molecular weight excluding hydrogens is 46.4 g/mol. The Morgan fingerprint density at radius 2 is 2.00 bits per heavy atom. The first-order valence-electron chi connectivity index (χ1n) is 1.00. The Morgan fingerprint density at radius 3 is 2.00 bits per heavy atom. The van der Waals surface area contributed by atoms with Gasteiger partial charge in [-0.1, -0.05) is 0 Å². The second-order valence-electron chi connectivity index (χ2n) is 0.385. The van der Waals surface area contributed by atoms with E-state index in [-0.39, 0.29) is 0 Å². The third-order valence-electron chi connectivity index (χ3n) is 0.111. The van der Waals surface area contributed by atoms with Crippen molar-refractivity contribution in [3.8, 4) is 0 Å². The van der Waals surface area contributed by atoms with E-state index in [1.54, 1.807) is 0 Å². The van der Waals surface area contributed by atoms with Gasteiger partial charge in [-0.25, -0.2) is 0 Å². The second kappa shape index (κ2) is 3.15. The van der Waals surface area contributed by atoms with Crippen LogP contribution in [0.2, 0.25) is 0 Å². The van der Waals surface area contributed by atoms with Gasteiger partial charge in [-0.15, -0.1) is 0 Å². The second-order valence-corrected chi connectivity index (χ2v) is 0.385. The maximum Gasteiger partial charge on any atom is 0.140 e. The Labute approximate surface area is 28.8 Å². The van der Waals surface area contributed by atoms with Crippen molar-refractivity contribution in [2.24, 2.45) is 5.64 Å². The highest BCUT2D eigenvalue weighted by Gasteiger charge is 1.64. The minimum absolute atomic E-state index is 1.28. The zero-order valence-corrected chi connectivity index (χ0v) is 2.31. The van der Waals surface area contributed by atoms with Gasteiger partial charge in [-0.3, -0.25) is 0 Å². The molecule has 0 aliphatic rings. The van der Waals surface area contributed by atoms with Crippen LogP contribution >= 0.6 is 0 Å². The van der Waals surface area contributed by atoms with Gasteiger partial charge in [-0.05, 0) is 0 Å². The molecule has 0 aromatic rings. The van der Waals surface area contributed by atoms with Crippen molar-refractivity contribution >= 4 is 22.1 Å². The van der Waals surface area contributed by atoms with Crippen molar-refractivity contribution in [2.75, 3.05) is 0 Å². The topological polar surface area (TPSA) is 26.0 Å². The molecule has 0 amide bonds. The third kappa shape index (κ3) is 2.15. The first-order chi connectivity index (χ1) is 1.91. The number of nitrogens with two attached hydrogens (primary N) is 1. The average Bonchev–Trinajstić information content (AvgIpc) is 1.37. The summed E-state index contributed by atoms with van der Waals surface area (Å²) in [6, 6.07) is 0. The van der Waals surface area contributed by atoms with Gasteiger partial charge in [-0.2, -0.15) is 0 Å². The van der Waals surface area contributed by atoms with Crippen molar-refractivity contribution < 1.29 is 0 Å². The summed E-state index contributed by atoms with van der Waals surface area (Å²) in [6.07, 6.45) is 0. The molecule has 0 saturated heterocycles. The van der Waals surface area contributed by atoms with Gasteiger partial charge in [0.05, 0.1) is 0 Å². The largest absolute Gasteiger partial charge is 0.382 e. The zero-order valence-electron chi connectivity index (χ0n) is 2.31. The van der Waals surface area contributed by atoms with Gasteiger partial charge >= 0.3 is 0 Å². The lowest BCUT2D eigenvalue weighted by Crippen LogP contribution is -2.13. The molecule has 0 bridgehead atoms. The molecule has 0 unspecified atom stereocenters. The molecule has 2 N–H and O–H groups in total. The summed E-state index contributed by atoms with van der Waals surface area (Å²) in [6.45, 7) is 0. The summed E-state index contributed by atoms with van der Waals surface area (Å²) in [7, 11) is 7.28. The van der Waals surface area contributed by atoms with Crippen LogP contribution in [0.3, 0.4) is 0 Å². The average molecular weight is 48.5 g/mol. The standard InChI is InChI=1S/B3H2N/c1-2-3-4/h4H2. The van der Waals surface area contributed by atoms with E-state index in [0.717, 1.165) is 0 Å². The lowest BCUT2D eigenvalue weighted by atomic mass is 9.34. The van der Waals surface area contributed by atoms with Crippen LogP contribution in [0.25, 0.3) is 0 Å². The van der Waals surface area contributed by atoms with Crippen molar-refractivity contribution in [1.82, 2.24) is 0 Å². The van der Waals surface area contributed by atoms with E-state index in [2.05, 4.69) is 0 Å². The fraction of sp³-hybridized carbons (Fsp3) is 0. The van der Waals surface area contributed by atoms with Crippen molar-refractivity contribution in [3.05, 3.63) is 0 Å². The normalized spacial score (nSPS) is 5.25. The van der Waals surface area contributed by atoms with Gasteiger partial charge < -0.3 is 5.64 Å². The van der Waals surface area contributed by atoms with E-state index in [1.807, 2.05) is 0 Å². The number of hydrogen-bond donors (Lipinski definition) is 1. The molecule has 0 aromatic heterocycles. The Morgan fingerprint density at radius 1 is 1.75 bits per heavy atom. The molecule has 0 aliphatic heterocycles. The highest BCUT2D eigenvalue weighted by Crippen LogP contribution is 1.17. The molecule has 4 radical (unpaired) electrons. The molecule has 0 fully saturated rings. The maximum atomic E-state index is 4.72. The summed E-state index contributed by atoms with van der Waals surface area (Å²) < 4.78 is 0. The summed E-state index contributed by atoms with van der Waals surface area (Å²) >= 11 is 0. The lowest BCUT2D eigenvalue weighted by molar-refractivity contribution is 1.98. The Bertz CT molecular complexity index is 5.25. The SMILES string of the molecule is [B][B][B]N. The number of hydrogen-bond acceptors (Lipinski definition) is 1. The molecule has 0 atom stereocenters. The zero-order chi connectivity index (χ0) is 3.41. The molecular formula is H2B3N. The van der Waals surface area contributed by atoms with Crippen LogP contribution in [0.4, 0.5) is 0 Å². The summed E-state index contributed by atoms with van der Waals surface area (Å²) in [4.78, 5) is 0. The van der Waals surface area contributed by atoms with Crippen LogP contribution in [0.15, 0.2) is 0 Å². The first-order valence-corrected chi connectivity index (χ1v) is 1.00. The lowest BCUT2D eigenvalue weighted by Gasteiger charge is -1.62. The summed E-state index contributed by atoms with van der Waals surface area (Å²) in [5.41, 5.74) is 4.72. The third-order valence-corrected chi connectivity index (χ3v) is 0.111. The van der Waals surface area contributed by atoms with Crippen LogP contribution in [-0.2, 0) is 0 Å². The molecule has 4 heteroatoms. The predicted octanol–water partition coefficient (Wildman–Crippen LogP) is -1.73. The van der Waals surface area contributed by atoms with Crippen LogP contribution in [0.1, 0.15) is 0 Å². The van der Waals surface area contributed by atoms with Crippen molar-refractivity contribution in [2.45, 2.75) is 0 Å². The fourth-order valence-corrected chi connectivity index (χ4v) is 0. The smallest absolute Gasteiger partial charge is 0.140 e. The van der Waals surface area contributed by atoms with Crippen molar-refractivity contribution in [3.63, 3.8) is 0 Å². The van der Waals surface area contributed by atoms with E-state index in [4.69, 9.17) is 13.4 Å². The predicted molar refractivity (Wildman–Crippen MR) is 21.4 cm³/mol. The van der Waals surface area contributed by atoms with E-state index in [1.165, 1.54) is 14.4 Å². The quantitative estimate of drug-likeness (QED) is 0.350. The Hall–Kier alpha value is 0.155. The van der Waals surface area contributed by atoms with Gasteiger partial charge in [0.2, 0.25) is 0 Å². The highest BCUT2D eigenvalue weighted by atomic mass is 14.3. The first kappa shape index (κ1) is 4.15. The minimum Gasteiger partial charge on any atom is -0.382 e. The monoisotopic (exact) mass is 49.0 g/mol. The van der Waals surface area contributed by atoms with E-state index < -0.39 is 0 Å². The Balaban J connectivity index is 1.97. The van der Waals surface area contributed by atoms with Gasteiger partial charge in [0.1, 0.15) is 7.31 Å². The molecule has 0 aromatic carbocycles. The van der Waals surface area contributed by atoms with Gasteiger partial charge in [0.25, 0.3) is 0 Å². The number of rotatable bonds is 1. The van der Waals surface area contributed by atoms with E-state index in [0.29, 0.717) is 0 Å². The molecule has 0 aliphatic carbocycles. The maximum absolute atomic E-state index is 4.72. The van der Waals surface area contributed by atoms with E-state index in [9.17, 15) is 0 Å². The molecule has 0 saturated carbocycles. The molecule has 4 heavy (non-hydrogen) atoms. The summed E-state index contributed by atoms with van der Waals surface area (Å²) in [5, 5.41) is 0. The molecule has 16 valence electrons. The fourth-order valence-electron chi connectivity index (χ4n) is 0. The van der Waals surface area contributed by atoms with E-state index >= 15 is 0 Å². The Kier molecular flexibility index (Phi) is 3.28. The summed E-state index contributed by atoms with van der Waals surface area (Å²) in [5.74, 6) is 0. The van der Waals surface area contributed by atoms with Gasteiger partial charge in [0, 0.05) is 14.8 Å².